The summed E-state index contributed by atoms with van der Waals surface area (Å²) in [5, 5.41) is 11.5. The van der Waals surface area contributed by atoms with Crippen LogP contribution in [0.1, 0.15) is 62.3 Å². The maximum atomic E-state index is 13.5. The zero-order valence-corrected chi connectivity index (χ0v) is 23.8. The van der Waals surface area contributed by atoms with Gasteiger partial charge in [-0.25, -0.2) is 4.98 Å². The summed E-state index contributed by atoms with van der Waals surface area (Å²) >= 11 is 0. The topological polar surface area (TPSA) is 103 Å². The van der Waals surface area contributed by atoms with Crippen LogP contribution in [0, 0.1) is 0 Å². The molecule has 1 N–H and O–H groups in total. The van der Waals surface area contributed by atoms with Gasteiger partial charge in [0.15, 0.2) is 11.5 Å². The van der Waals surface area contributed by atoms with Gasteiger partial charge >= 0.3 is 0 Å². The molecule has 0 spiro atoms. The second kappa shape index (κ2) is 12.5. The highest BCUT2D eigenvalue weighted by atomic mass is 16.5. The SMILES string of the molecule is CCCCCOc1ccc([C@@H]2/C(=C(\O)c3ccc4c(c3)C[C@H](C)O4)C(=O)C(=O)N2CCCn2ccnc2)cc1OC. The van der Waals surface area contributed by atoms with Crippen molar-refractivity contribution in [3.8, 4) is 17.2 Å². The van der Waals surface area contributed by atoms with Crippen molar-refractivity contribution >= 4 is 17.4 Å². The Hall–Kier alpha value is -4.27. The highest BCUT2D eigenvalue weighted by molar-refractivity contribution is 6.46. The lowest BCUT2D eigenvalue weighted by Crippen LogP contribution is -2.31. The van der Waals surface area contributed by atoms with Gasteiger partial charge in [-0.1, -0.05) is 25.8 Å². The van der Waals surface area contributed by atoms with Crippen molar-refractivity contribution in [3.05, 3.63) is 77.4 Å². The molecule has 9 nitrogen and oxygen atoms in total. The van der Waals surface area contributed by atoms with Crippen LogP contribution in [0.15, 0.2) is 60.7 Å². The summed E-state index contributed by atoms with van der Waals surface area (Å²) in [4.78, 5) is 32.5. The second-order valence-electron chi connectivity index (χ2n) is 10.6. The van der Waals surface area contributed by atoms with Gasteiger partial charge in [0.25, 0.3) is 11.7 Å². The van der Waals surface area contributed by atoms with Crippen LogP contribution in [0.5, 0.6) is 17.2 Å². The van der Waals surface area contributed by atoms with Crippen molar-refractivity contribution in [1.29, 1.82) is 0 Å². The molecule has 2 aliphatic heterocycles. The largest absolute Gasteiger partial charge is 0.507 e. The number of ether oxygens (including phenoxy) is 3. The molecule has 1 saturated heterocycles. The number of methoxy groups -OCH3 is 1. The van der Waals surface area contributed by atoms with E-state index in [2.05, 4.69) is 11.9 Å². The van der Waals surface area contributed by atoms with Crippen molar-refractivity contribution in [1.82, 2.24) is 14.5 Å². The van der Waals surface area contributed by atoms with Crippen LogP contribution in [0.25, 0.3) is 5.76 Å². The predicted octanol–water partition coefficient (Wildman–Crippen LogP) is 5.30. The number of likely N-dealkylation sites (tertiary alicyclic amines) is 1. The third kappa shape index (κ3) is 5.94. The number of fused-ring (bicyclic) bond motifs is 1. The molecule has 5 rings (SSSR count). The first-order valence-corrected chi connectivity index (χ1v) is 14.3. The Morgan fingerprint density at radius 1 is 1.10 bits per heavy atom. The summed E-state index contributed by atoms with van der Waals surface area (Å²) in [6.45, 7) is 5.64. The van der Waals surface area contributed by atoms with E-state index in [4.69, 9.17) is 14.2 Å². The van der Waals surface area contributed by atoms with Crippen LogP contribution in [0.3, 0.4) is 0 Å². The van der Waals surface area contributed by atoms with Crippen LogP contribution in [-0.4, -0.2) is 57.6 Å². The lowest BCUT2D eigenvalue weighted by molar-refractivity contribution is -0.139. The minimum Gasteiger partial charge on any atom is -0.507 e. The Balaban J connectivity index is 1.51. The summed E-state index contributed by atoms with van der Waals surface area (Å²) in [5.41, 5.74) is 2.15. The number of hydrogen-bond acceptors (Lipinski definition) is 7. The lowest BCUT2D eigenvalue weighted by Gasteiger charge is -2.26. The number of imidazole rings is 1. The van der Waals surface area contributed by atoms with E-state index in [0.717, 1.165) is 30.6 Å². The lowest BCUT2D eigenvalue weighted by atomic mass is 9.94. The van der Waals surface area contributed by atoms with Crippen molar-refractivity contribution < 1.29 is 28.9 Å². The van der Waals surface area contributed by atoms with Gasteiger partial charge in [-0.2, -0.15) is 0 Å². The summed E-state index contributed by atoms with van der Waals surface area (Å²) in [5.74, 6) is 0.318. The van der Waals surface area contributed by atoms with Gasteiger partial charge in [0.05, 0.1) is 31.7 Å². The number of aryl methyl sites for hydroxylation is 1. The number of aliphatic hydroxyl groups is 1. The number of carbonyl (C=O) groups excluding carboxylic acids is 2. The normalized spacial score (nSPS) is 19.3. The first kappa shape index (κ1) is 28.3. The van der Waals surface area contributed by atoms with Crippen molar-refractivity contribution in [2.45, 2.75) is 64.6 Å². The van der Waals surface area contributed by atoms with Gasteiger partial charge in [0.2, 0.25) is 0 Å². The molecule has 0 unspecified atom stereocenters. The first-order chi connectivity index (χ1) is 19.9. The van der Waals surface area contributed by atoms with Gasteiger partial charge in [-0.3, -0.25) is 9.59 Å². The molecule has 216 valence electrons. The molecule has 0 aliphatic carbocycles. The van der Waals surface area contributed by atoms with Gasteiger partial charge in [0.1, 0.15) is 17.6 Å². The van der Waals surface area contributed by atoms with Gasteiger partial charge in [-0.15, -0.1) is 0 Å². The molecule has 0 bridgehead atoms. The Labute approximate surface area is 240 Å². The number of benzene rings is 2. The minimum atomic E-state index is -0.788. The van der Waals surface area contributed by atoms with Gasteiger partial charge in [0, 0.05) is 37.5 Å². The first-order valence-electron chi connectivity index (χ1n) is 14.3. The van der Waals surface area contributed by atoms with Crippen LogP contribution in [0.4, 0.5) is 0 Å². The van der Waals surface area contributed by atoms with E-state index in [1.807, 2.05) is 29.8 Å². The third-order valence-electron chi connectivity index (χ3n) is 7.59. The Morgan fingerprint density at radius 2 is 1.95 bits per heavy atom. The third-order valence-corrected chi connectivity index (χ3v) is 7.59. The fourth-order valence-corrected chi connectivity index (χ4v) is 5.53. The van der Waals surface area contributed by atoms with E-state index >= 15 is 0 Å². The molecular formula is C32H37N3O6. The second-order valence-corrected chi connectivity index (χ2v) is 10.6. The zero-order valence-electron chi connectivity index (χ0n) is 23.8. The van der Waals surface area contributed by atoms with E-state index in [-0.39, 0.29) is 17.4 Å². The molecule has 9 heteroatoms. The maximum absolute atomic E-state index is 13.5. The van der Waals surface area contributed by atoms with E-state index in [1.54, 1.807) is 48.8 Å². The number of amides is 1. The van der Waals surface area contributed by atoms with Gasteiger partial charge in [-0.05, 0) is 61.2 Å². The molecule has 0 radical (unpaired) electrons. The number of nitrogens with zero attached hydrogens (tertiary/aromatic N) is 3. The quantitative estimate of drug-likeness (QED) is 0.139. The highest BCUT2D eigenvalue weighted by Crippen LogP contribution is 2.43. The van der Waals surface area contributed by atoms with Crippen LogP contribution < -0.4 is 14.2 Å². The summed E-state index contributed by atoms with van der Waals surface area (Å²) in [6.07, 6.45) is 9.72. The molecule has 2 aliphatic rings. The predicted molar refractivity (Wildman–Crippen MR) is 154 cm³/mol. The number of Topliss-reactive ketones (excluding diaryl/α,β-unsaturated/α-hetero) is 1. The molecule has 1 amide bonds. The van der Waals surface area contributed by atoms with E-state index in [0.29, 0.717) is 55.2 Å². The maximum Gasteiger partial charge on any atom is 0.295 e. The molecule has 3 heterocycles. The standard InChI is InChI=1S/C32H37N3O6/c1-4-5-6-16-40-26-11-8-22(19-27(26)39-3)29-28(30(36)23-9-10-25-24(18-23)17-21(2)41-25)31(37)32(38)35(29)14-7-13-34-15-12-33-20-34/h8-12,15,18-21,29,36H,4-7,13-14,16-17H2,1-3H3/b30-28+/t21-,29+/m0/s1. The molecule has 41 heavy (non-hydrogen) atoms. The van der Waals surface area contributed by atoms with Crippen molar-refractivity contribution in [2.24, 2.45) is 0 Å². The van der Waals surface area contributed by atoms with E-state index < -0.39 is 17.7 Å². The number of aliphatic hydroxyl groups excluding tert-OH is 1. The van der Waals surface area contributed by atoms with Crippen molar-refractivity contribution in [3.63, 3.8) is 0 Å². The van der Waals surface area contributed by atoms with Gasteiger partial charge < -0.3 is 28.8 Å². The van der Waals surface area contributed by atoms with Crippen molar-refractivity contribution in [2.75, 3.05) is 20.3 Å². The van der Waals surface area contributed by atoms with Crippen LogP contribution in [0.2, 0.25) is 0 Å². The van der Waals surface area contributed by atoms with Crippen LogP contribution >= 0.6 is 0 Å². The summed E-state index contributed by atoms with van der Waals surface area (Å²) in [7, 11) is 1.56. The van der Waals surface area contributed by atoms with E-state index in [9.17, 15) is 14.7 Å². The summed E-state index contributed by atoms with van der Waals surface area (Å²) in [6, 6.07) is 10.0. The number of hydrogen-bond donors (Lipinski definition) is 1. The Morgan fingerprint density at radius 3 is 2.71 bits per heavy atom. The molecule has 1 aromatic heterocycles. The monoisotopic (exact) mass is 559 g/mol. The number of ketones is 1. The molecule has 2 aromatic carbocycles. The average Bonchev–Trinajstić information content (AvgIpc) is 3.69. The molecular weight excluding hydrogens is 522 g/mol. The summed E-state index contributed by atoms with van der Waals surface area (Å²) < 4.78 is 19.3. The molecule has 2 atom stereocenters. The number of aromatic nitrogens is 2. The molecule has 0 saturated carbocycles. The fraction of sp³-hybridized carbons (Fsp3) is 0.406. The molecule has 3 aromatic rings. The Bertz CT molecular complexity index is 1430. The fourth-order valence-electron chi connectivity index (χ4n) is 5.53. The average molecular weight is 560 g/mol. The highest BCUT2D eigenvalue weighted by Gasteiger charge is 2.46. The van der Waals surface area contributed by atoms with Crippen LogP contribution in [-0.2, 0) is 22.6 Å². The number of carbonyl (C=O) groups is 2. The number of unbranched alkanes of at least 4 members (excludes halogenated alkanes) is 2. The number of rotatable bonds is 12. The van der Waals surface area contributed by atoms with E-state index in [1.165, 1.54) is 0 Å². The smallest absolute Gasteiger partial charge is 0.295 e. The minimum absolute atomic E-state index is 0.0404. The molecule has 1 fully saturated rings. The Kier molecular flexibility index (Phi) is 8.61. The zero-order chi connectivity index (χ0) is 28.9.